The smallest absolute Gasteiger partial charge is 0.0406 e. The van der Waals surface area contributed by atoms with Crippen LogP contribution in [0.3, 0.4) is 0 Å². The van der Waals surface area contributed by atoms with Gasteiger partial charge >= 0.3 is 0 Å². The van der Waals surface area contributed by atoms with E-state index in [0.29, 0.717) is 0 Å². The van der Waals surface area contributed by atoms with Crippen LogP contribution in [0.1, 0.15) is 11.1 Å². The highest BCUT2D eigenvalue weighted by Crippen LogP contribution is 2.39. The molecule has 0 bridgehead atoms. The summed E-state index contributed by atoms with van der Waals surface area (Å²) < 4.78 is 2.15. The summed E-state index contributed by atoms with van der Waals surface area (Å²) in [5, 5.41) is 0.747. The van der Waals surface area contributed by atoms with Crippen molar-refractivity contribution in [3.8, 4) is 0 Å². The van der Waals surface area contributed by atoms with Crippen molar-refractivity contribution in [3.05, 3.63) is 97.9 Å². The number of thioether (sulfide) groups is 1. The second-order valence-electron chi connectivity index (χ2n) is 5.07. The van der Waals surface area contributed by atoms with Crippen molar-refractivity contribution in [2.75, 3.05) is 0 Å². The van der Waals surface area contributed by atoms with Crippen LogP contribution in [0, 0.1) is 0 Å². The number of hydrogen-bond acceptors (Lipinski definition) is 1. The highest BCUT2D eigenvalue weighted by molar-refractivity contribution is 9.10. The Morgan fingerprint density at radius 2 is 1.42 bits per heavy atom. The third-order valence-corrected chi connectivity index (χ3v) is 6.10. The van der Waals surface area contributed by atoms with Crippen LogP contribution in [0.4, 0.5) is 0 Å². The molecule has 0 nitrogen and oxygen atoms in total. The number of hydrogen-bond donors (Lipinski definition) is 0. The lowest BCUT2D eigenvalue weighted by Gasteiger charge is -2.11. The van der Waals surface area contributed by atoms with E-state index in [1.807, 2.05) is 42.5 Å². The zero-order chi connectivity index (χ0) is 16.9. The lowest BCUT2D eigenvalue weighted by molar-refractivity contribution is 1.47. The van der Waals surface area contributed by atoms with Crippen molar-refractivity contribution >= 4 is 66.2 Å². The summed E-state index contributed by atoms with van der Waals surface area (Å²) in [5.41, 5.74) is 2.30. The van der Waals surface area contributed by atoms with E-state index in [-0.39, 0.29) is 0 Å². The molecule has 0 radical (unpaired) electrons. The molecule has 3 aromatic rings. The molecule has 0 heterocycles. The van der Waals surface area contributed by atoms with Gasteiger partial charge in [-0.05, 0) is 48.0 Å². The molecule has 0 saturated heterocycles. The first-order valence-corrected chi connectivity index (χ1v) is 10.1. The summed E-state index contributed by atoms with van der Waals surface area (Å²) in [6.07, 6.45) is 2.20. The monoisotopic (exact) mass is 478 g/mol. The maximum atomic E-state index is 6.00. The van der Waals surface area contributed by atoms with Gasteiger partial charge in [0.25, 0.3) is 0 Å². The fourth-order valence-electron chi connectivity index (χ4n) is 2.19. The summed E-state index contributed by atoms with van der Waals surface area (Å²) in [6, 6.07) is 24.4. The maximum absolute atomic E-state index is 6.00. The van der Waals surface area contributed by atoms with Crippen molar-refractivity contribution in [3.63, 3.8) is 0 Å². The SMILES string of the molecule is Clc1ccc(S/C(=C\c2ccccc2Br)c2ccccc2Br)cc1. The average molecular weight is 481 g/mol. The Labute approximate surface area is 168 Å². The molecule has 0 aliphatic heterocycles. The van der Waals surface area contributed by atoms with Crippen LogP contribution < -0.4 is 0 Å². The van der Waals surface area contributed by atoms with E-state index in [0.717, 1.165) is 34.9 Å². The van der Waals surface area contributed by atoms with Crippen LogP contribution in [0.25, 0.3) is 11.0 Å². The Hall–Kier alpha value is -1.00. The standard InChI is InChI=1S/C20H13Br2ClS/c21-18-7-3-1-5-14(18)13-20(17-6-2-4-8-19(17)22)24-16-11-9-15(23)10-12-16/h1-13H/b20-13-. The van der Waals surface area contributed by atoms with Crippen LogP contribution in [0.2, 0.25) is 5.02 Å². The average Bonchev–Trinajstić information content (AvgIpc) is 2.59. The summed E-state index contributed by atoms with van der Waals surface area (Å²) in [6.45, 7) is 0. The molecule has 0 spiro atoms. The van der Waals surface area contributed by atoms with E-state index in [1.165, 1.54) is 0 Å². The third kappa shape index (κ3) is 4.54. The molecule has 0 fully saturated rings. The minimum absolute atomic E-state index is 0.747. The summed E-state index contributed by atoms with van der Waals surface area (Å²) in [5.74, 6) is 0. The molecular formula is C20H13Br2ClS. The van der Waals surface area contributed by atoms with Crippen molar-refractivity contribution in [1.29, 1.82) is 0 Å². The molecule has 120 valence electrons. The molecule has 24 heavy (non-hydrogen) atoms. The van der Waals surface area contributed by atoms with Gasteiger partial charge in [0.1, 0.15) is 0 Å². The zero-order valence-electron chi connectivity index (χ0n) is 12.5. The van der Waals surface area contributed by atoms with Crippen LogP contribution in [-0.2, 0) is 0 Å². The molecule has 0 unspecified atom stereocenters. The van der Waals surface area contributed by atoms with E-state index in [4.69, 9.17) is 11.6 Å². The molecule has 0 atom stereocenters. The van der Waals surface area contributed by atoms with Gasteiger partial charge in [-0.2, -0.15) is 0 Å². The molecule has 3 aromatic carbocycles. The highest BCUT2D eigenvalue weighted by Gasteiger charge is 2.09. The van der Waals surface area contributed by atoms with E-state index in [9.17, 15) is 0 Å². The van der Waals surface area contributed by atoms with Gasteiger partial charge in [-0.15, -0.1) is 0 Å². The van der Waals surface area contributed by atoms with Gasteiger partial charge in [-0.25, -0.2) is 0 Å². The van der Waals surface area contributed by atoms with Crippen molar-refractivity contribution in [2.45, 2.75) is 4.90 Å². The second kappa shape index (κ2) is 8.39. The lowest BCUT2D eigenvalue weighted by atomic mass is 10.1. The van der Waals surface area contributed by atoms with Crippen molar-refractivity contribution in [1.82, 2.24) is 0 Å². The molecule has 3 rings (SSSR count). The van der Waals surface area contributed by atoms with E-state index in [2.05, 4.69) is 68.3 Å². The fraction of sp³-hybridized carbons (Fsp3) is 0. The minimum atomic E-state index is 0.747. The Morgan fingerprint density at radius 3 is 2.08 bits per heavy atom. The Bertz CT molecular complexity index is 873. The van der Waals surface area contributed by atoms with E-state index in [1.54, 1.807) is 11.8 Å². The normalized spacial score (nSPS) is 11.5. The first-order chi connectivity index (χ1) is 11.6. The molecule has 0 N–H and O–H groups in total. The molecule has 0 aromatic heterocycles. The van der Waals surface area contributed by atoms with Crippen molar-refractivity contribution < 1.29 is 0 Å². The van der Waals surface area contributed by atoms with Gasteiger partial charge in [-0.3, -0.25) is 0 Å². The van der Waals surface area contributed by atoms with Crippen LogP contribution in [-0.4, -0.2) is 0 Å². The Kier molecular flexibility index (Phi) is 6.23. The van der Waals surface area contributed by atoms with Gasteiger partial charge in [-0.1, -0.05) is 91.6 Å². The molecule has 0 aliphatic carbocycles. The first-order valence-electron chi connectivity index (χ1n) is 7.28. The van der Waals surface area contributed by atoms with E-state index >= 15 is 0 Å². The fourth-order valence-corrected chi connectivity index (χ4v) is 4.34. The first kappa shape index (κ1) is 17.8. The van der Waals surface area contributed by atoms with Crippen LogP contribution in [0.5, 0.6) is 0 Å². The predicted octanol–water partition coefficient (Wildman–Crippen LogP) is 8.16. The number of rotatable bonds is 4. The molecule has 4 heteroatoms. The topological polar surface area (TPSA) is 0 Å². The largest absolute Gasteiger partial charge is 0.0894 e. The highest BCUT2D eigenvalue weighted by atomic mass is 79.9. The number of benzene rings is 3. The van der Waals surface area contributed by atoms with Gasteiger partial charge in [0.2, 0.25) is 0 Å². The summed E-state index contributed by atoms with van der Waals surface area (Å²) in [4.78, 5) is 2.31. The minimum Gasteiger partial charge on any atom is -0.0894 e. The Balaban J connectivity index is 2.06. The Morgan fingerprint density at radius 1 is 0.792 bits per heavy atom. The lowest BCUT2D eigenvalue weighted by Crippen LogP contribution is -1.85. The third-order valence-electron chi connectivity index (χ3n) is 3.37. The molecule has 0 amide bonds. The quantitative estimate of drug-likeness (QED) is 0.268. The van der Waals surface area contributed by atoms with Gasteiger partial charge in [0, 0.05) is 29.3 Å². The van der Waals surface area contributed by atoms with Crippen LogP contribution >= 0.6 is 55.2 Å². The van der Waals surface area contributed by atoms with Gasteiger partial charge in [0.05, 0.1) is 0 Å². The molecule has 0 aliphatic rings. The molecule has 0 saturated carbocycles. The van der Waals surface area contributed by atoms with Gasteiger partial charge < -0.3 is 0 Å². The zero-order valence-corrected chi connectivity index (χ0v) is 17.3. The summed E-state index contributed by atoms with van der Waals surface area (Å²) >= 11 is 15.0. The summed E-state index contributed by atoms with van der Waals surface area (Å²) in [7, 11) is 0. The maximum Gasteiger partial charge on any atom is 0.0406 e. The second-order valence-corrected chi connectivity index (χ2v) is 8.33. The predicted molar refractivity (Wildman–Crippen MR) is 113 cm³/mol. The molecular weight excluding hydrogens is 468 g/mol. The van der Waals surface area contributed by atoms with Crippen molar-refractivity contribution in [2.24, 2.45) is 0 Å². The number of halogens is 3. The van der Waals surface area contributed by atoms with Crippen LogP contribution in [0.15, 0.2) is 86.6 Å². The van der Waals surface area contributed by atoms with E-state index < -0.39 is 0 Å². The van der Waals surface area contributed by atoms with Gasteiger partial charge in [0.15, 0.2) is 0 Å².